The van der Waals surface area contributed by atoms with Gasteiger partial charge in [-0.05, 0) is 37.4 Å². The zero-order chi connectivity index (χ0) is 14.1. The third-order valence-electron chi connectivity index (χ3n) is 3.70. The van der Waals surface area contributed by atoms with Crippen LogP contribution in [0.25, 0.3) is 22.4 Å². The molecule has 1 N–H and O–H groups in total. The van der Waals surface area contributed by atoms with Gasteiger partial charge in [0.1, 0.15) is 5.69 Å². The SMILES string of the molecule is c1ccc2nc(-c3noc(CNCC4CC4)n3)ccc2c1. The van der Waals surface area contributed by atoms with Gasteiger partial charge in [-0.2, -0.15) is 4.98 Å². The van der Waals surface area contributed by atoms with E-state index in [0.29, 0.717) is 18.3 Å². The Morgan fingerprint density at radius 3 is 2.90 bits per heavy atom. The van der Waals surface area contributed by atoms with E-state index in [1.165, 1.54) is 12.8 Å². The van der Waals surface area contributed by atoms with Crippen LogP contribution in [0.4, 0.5) is 0 Å². The van der Waals surface area contributed by atoms with Crippen molar-refractivity contribution in [1.29, 1.82) is 0 Å². The van der Waals surface area contributed by atoms with Gasteiger partial charge < -0.3 is 9.84 Å². The Morgan fingerprint density at radius 1 is 1.10 bits per heavy atom. The average Bonchev–Trinajstić information content (AvgIpc) is 3.23. The summed E-state index contributed by atoms with van der Waals surface area (Å²) in [5.74, 6) is 2.00. The highest BCUT2D eigenvalue weighted by atomic mass is 16.5. The Hall–Kier alpha value is -2.27. The summed E-state index contributed by atoms with van der Waals surface area (Å²) in [6, 6.07) is 11.9. The fraction of sp³-hybridized carbons (Fsp3) is 0.312. The van der Waals surface area contributed by atoms with E-state index in [0.717, 1.165) is 29.1 Å². The highest BCUT2D eigenvalue weighted by molar-refractivity contribution is 5.80. The predicted molar refractivity (Wildman–Crippen MR) is 79.5 cm³/mol. The maximum absolute atomic E-state index is 5.27. The minimum absolute atomic E-state index is 0.545. The van der Waals surface area contributed by atoms with Crippen molar-refractivity contribution in [2.75, 3.05) is 6.54 Å². The lowest BCUT2D eigenvalue weighted by Crippen LogP contribution is -2.16. The molecule has 4 rings (SSSR count). The maximum Gasteiger partial charge on any atom is 0.240 e. The molecule has 2 heterocycles. The predicted octanol–water partition coefficient (Wildman–Crippen LogP) is 2.78. The Kier molecular flexibility index (Phi) is 3.12. The number of aromatic nitrogens is 3. The summed E-state index contributed by atoms with van der Waals surface area (Å²) in [5.41, 5.74) is 1.68. The van der Waals surface area contributed by atoms with E-state index in [9.17, 15) is 0 Å². The molecule has 0 unspecified atom stereocenters. The van der Waals surface area contributed by atoms with Crippen molar-refractivity contribution < 1.29 is 4.52 Å². The monoisotopic (exact) mass is 280 g/mol. The summed E-state index contributed by atoms with van der Waals surface area (Å²) in [7, 11) is 0. The molecule has 1 saturated carbocycles. The van der Waals surface area contributed by atoms with Gasteiger partial charge in [0.15, 0.2) is 0 Å². The minimum atomic E-state index is 0.545. The summed E-state index contributed by atoms with van der Waals surface area (Å²) in [4.78, 5) is 8.97. The molecule has 1 aliphatic rings. The molecule has 1 aliphatic carbocycles. The van der Waals surface area contributed by atoms with Gasteiger partial charge in [-0.3, -0.25) is 0 Å². The van der Waals surface area contributed by atoms with Gasteiger partial charge in [0, 0.05) is 5.39 Å². The Morgan fingerprint density at radius 2 is 2.00 bits per heavy atom. The van der Waals surface area contributed by atoms with Crippen LogP contribution in [0.2, 0.25) is 0 Å². The van der Waals surface area contributed by atoms with Crippen molar-refractivity contribution in [3.63, 3.8) is 0 Å². The van der Waals surface area contributed by atoms with Crippen molar-refractivity contribution in [3.8, 4) is 11.5 Å². The number of rotatable bonds is 5. The van der Waals surface area contributed by atoms with Crippen molar-refractivity contribution in [2.24, 2.45) is 5.92 Å². The third-order valence-corrected chi connectivity index (χ3v) is 3.70. The van der Waals surface area contributed by atoms with Crippen LogP contribution in [0, 0.1) is 5.92 Å². The molecule has 0 saturated heterocycles. The van der Waals surface area contributed by atoms with E-state index in [4.69, 9.17) is 4.52 Å². The first-order valence-corrected chi connectivity index (χ1v) is 7.28. The largest absolute Gasteiger partial charge is 0.337 e. The van der Waals surface area contributed by atoms with E-state index in [2.05, 4.69) is 20.4 Å². The van der Waals surface area contributed by atoms with E-state index in [1.54, 1.807) is 0 Å². The minimum Gasteiger partial charge on any atom is -0.337 e. The van der Waals surface area contributed by atoms with Crippen LogP contribution in [-0.2, 0) is 6.54 Å². The zero-order valence-corrected chi connectivity index (χ0v) is 11.6. The van der Waals surface area contributed by atoms with Crippen LogP contribution >= 0.6 is 0 Å². The number of pyridine rings is 1. The number of hydrogen-bond acceptors (Lipinski definition) is 5. The first-order chi connectivity index (χ1) is 10.4. The van der Waals surface area contributed by atoms with Crippen molar-refractivity contribution >= 4 is 10.9 Å². The highest BCUT2D eigenvalue weighted by Gasteiger charge is 2.20. The standard InChI is InChI=1S/C16H16N4O/c1-2-4-13-12(3-1)7-8-14(18-13)16-19-15(21-20-16)10-17-9-11-5-6-11/h1-4,7-8,11,17H,5-6,9-10H2. The van der Waals surface area contributed by atoms with Gasteiger partial charge in [-0.1, -0.05) is 29.4 Å². The number of fused-ring (bicyclic) bond motifs is 1. The molecule has 1 aromatic carbocycles. The Bertz CT molecular complexity index is 764. The smallest absolute Gasteiger partial charge is 0.240 e. The van der Waals surface area contributed by atoms with Crippen LogP contribution in [0.3, 0.4) is 0 Å². The lowest BCUT2D eigenvalue weighted by Gasteiger charge is -1.98. The second-order valence-corrected chi connectivity index (χ2v) is 5.48. The molecule has 0 bridgehead atoms. The van der Waals surface area contributed by atoms with Gasteiger partial charge in [-0.25, -0.2) is 4.98 Å². The molecule has 0 radical (unpaired) electrons. The maximum atomic E-state index is 5.27. The lowest BCUT2D eigenvalue weighted by molar-refractivity contribution is 0.367. The quantitative estimate of drug-likeness (QED) is 0.778. The number of benzene rings is 1. The molecule has 5 heteroatoms. The second-order valence-electron chi connectivity index (χ2n) is 5.48. The number of nitrogens with one attached hydrogen (secondary N) is 1. The van der Waals surface area contributed by atoms with Crippen LogP contribution < -0.4 is 5.32 Å². The van der Waals surface area contributed by atoms with Crippen LogP contribution in [0.1, 0.15) is 18.7 Å². The zero-order valence-electron chi connectivity index (χ0n) is 11.6. The summed E-state index contributed by atoms with van der Waals surface area (Å²) in [6.45, 7) is 1.66. The lowest BCUT2D eigenvalue weighted by atomic mass is 10.2. The van der Waals surface area contributed by atoms with Crippen molar-refractivity contribution in [2.45, 2.75) is 19.4 Å². The van der Waals surface area contributed by atoms with Gasteiger partial charge in [0.05, 0.1) is 12.1 Å². The summed E-state index contributed by atoms with van der Waals surface area (Å²) in [5, 5.41) is 8.47. The van der Waals surface area contributed by atoms with Gasteiger partial charge in [-0.15, -0.1) is 0 Å². The molecule has 1 fully saturated rings. The van der Waals surface area contributed by atoms with Crippen LogP contribution in [0.5, 0.6) is 0 Å². The molecule has 0 spiro atoms. The topological polar surface area (TPSA) is 63.8 Å². The molecular weight excluding hydrogens is 264 g/mol. The molecule has 106 valence electrons. The van der Waals surface area contributed by atoms with Crippen LogP contribution in [0.15, 0.2) is 40.9 Å². The molecule has 2 aromatic heterocycles. The van der Waals surface area contributed by atoms with E-state index in [-0.39, 0.29) is 0 Å². The number of nitrogens with zero attached hydrogens (tertiary/aromatic N) is 3. The van der Waals surface area contributed by atoms with E-state index < -0.39 is 0 Å². The Balaban J connectivity index is 1.52. The molecule has 21 heavy (non-hydrogen) atoms. The normalized spacial score (nSPS) is 14.7. The fourth-order valence-corrected chi connectivity index (χ4v) is 2.33. The molecular formula is C16H16N4O. The fourth-order valence-electron chi connectivity index (χ4n) is 2.33. The van der Waals surface area contributed by atoms with Gasteiger partial charge in [0.25, 0.3) is 0 Å². The molecule has 0 atom stereocenters. The first kappa shape index (κ1) is 12.5. The summed E-state index contributed by atoms with van der Waals surface area (Å²) < 4.78 is 5.27. The number of para-hydroxylation sites is 1. The third kappa shape index (κ3) is 2.78. The van der Waals surface area contributed by atoms with Gasteiger partial charge in [0.2, 0.25) is 11.7 Å². The van der Waals surface area contributed by atoms with Crippen molar-refractivity contribution in [3.05, 3.63) is 42.3 Å². The van der Waals surface area contributed by atoms with Gasteiger partial charge >= 0.3 is 0 Å². The molecule has 3 aromatic rings. The van der Waals surface area contributed by atoms with Crippen LogP contribution in [-0.4, -0.2) is 21.7 Å². The van der Waals surface area contributed by atoms with Crippen molar-refractivity contribution in [1.82, 2.24) is 20.4 Å². The second kappa shape index (κ2) is 5.26. The summed E-state index contributed by atoms with van der Waals surface area (Å²) >= 11 is 0. The average molecular weight is 280 g/mol. The first-order valence-electron chi connectivity index (χ1n) is 7.28. The Labute approximate surface area is 122 Å². The summed E-state index contributed by atoms with van der Waals surface area (Å²) in [6.07, 6.45) is 2.67. The number of hydrogen-bond donors (Lipinski definition) is 1. The van der Waals surface area contributed by atoms with E-state index in [1.807, 2.05) is 36.4 Å². The van der Waals surface area contributed by atoms with E-state index >= 15 is 0 Å². The molecule has 0 amide bonds. The molecule has 5 nitrogen and oxygen atoms in total. The highest BCUT2D eigenvalue weighted by Crippen LogP contribution is 2.27. The molecule has 0 aliphatic heterocycles.